The summed E-state index contributed by atoms with van der Waals surface area (Å²) in [4.78, 5) is 11.5. The third-order valence-corrected chi connectivity index (χ3v) is 2.54. The zero-order chi connectivity index (χ0) is 13.3. The lowest BCUT2D eigenvalue weighted by molar-refractivity contribution is -0.148. The van der Waals surface area contributed by atoms with E-state index in [2.05, 4.69) is 20.8 Å². The predicted octanol–water partition coefficient (Wildman–Crippen LogP) is 3.09. The highest BCUT2D eigenvalue weighted by Gasteiger charge is 2.42. The number of allylic oxidation sites excluding steroid dienone is 1. The van der Waals surface area contributed by atoms with Crippen LogP contribution in [0.3, 0.4) is 0 Å². The Morgan fingerprint density at radius 3 is 2.29 bits per heavy atom. The normalized spacial score (nSPS) is 25.1. The van der Waals surface area contributed by atoms with Crippen LogP contribution in [0.4, 0.5) is 0 Å². The molecule has 0 aromatic heterocycles. The third kappa shape index (κ3) is 5.87. The Bertz CT molecular complexity index is 317. The van der Waals surface area contributed by atoms with E-state index in [0.29, 0.717) is 0 Å². The average molecular weight is 240 g/mol. The number of hydrogen-bond acceptors (Lipinski definition) is 3. The number of esters is 1. The summed E-state index contributed by atoms with van der Waals surface area (Å²) < 4.78 is 10.6. The van der Waals surface area contributed by atoms with Crippen molar-refractivity contribution in [2.45, 2.75) is 59.2 Å². The quantitative estimate of drug-likeness (QED) is 0.430. The van der Waals surface area contributed by atoms with Crippen LogP contribution in [0.5, 0.6) is 0 Å². The van der Waals surface area contributed by atoms with E-state index in [4.69, 9.17) is 9.47 Å². The van der Waals surface area contributed by atoms with Crippen LogP contribution in [0.25, 0.3) is 0 Å². The topological polar surface area (TPSA) is 38.8 Å². The van der Waals surface area contributed by atoms with Crippen molar-refractivity contribution in [2.24, 2.45) is 5.41 Å². The zero-order valence-corrected chi connectivity index (χ0v) is 11.8. The first-order valence-corrected chi connectivity index (χ1v) is 6.08. The van der Waals surface area contributed by atoms with Gasteiger partial charge in [-0.3, -0.25) is 0 Å². The molecule has 3 heteroatoms. The second kappa shape index (κ2) is 4.45. The monoisotopic (exact) mass is 240 g/mol. The summed E-state index contributed by atoms with van der Waals surface area (Å²) in [5.41, 5.74) is -0.485. The highest BCUT2D eigenvalue weighted by Crippen LogP contribution is 2.39. The van der Waals surface area contributed by atoms with Gasteiger partial charge in [-0.25, -0.2) is 4.79 Å². The van der Waals surface area contributed by atoms with Gasteiger partial charge < -0.3 is 9.47 Å². The van der Waals surface area contributed by atoms with Crippen LogP contribution >= 0.6 is 0 Å². The fourth-order valence-corrected chi connectivity index (χ4v) is 1.88. The zero-order valence-electron chi connectivity index (χ0n) is 11.8. The van der Waals surface area contributed by atoms with Crippen molar-refractivity contribution in [3.8, 4) is 0 Å². The number of carbonyl (C=O) groups is 1. The predicted molar refractivity (Wildman–Crippen MR) is 67.7 cm³/mol. The molecule has 0 aromatic carbocycles. The molecule has 0 spiro atoms. The molecule has 98 valence electrons. The average Bonchev–Trinajstić information content (AvgIpc) is 2.76. The summed E-state index contributed by atoms with van der Waals surface area (Å²) in [5, 5.41) is 0. The lowest BCUT2D eigenvalue weighted by Gasteiger charge is -2.23. The summed E-state index contributed by atoms with van der Waals surface area (Å²) in [7, 11) is 0. The first-order chi connectivity index (χ1) is 7.52. The molecular weight excluding hydrogens is 216 g/mol. The third-order valence-electron chi connectivity index (χ3n) is 2.54. The molecule has 3 nitrogen and oxygen atoms in total. The van der Waals surface area contributed by atoms with Crippen molar-refractivity contribution in [1.29, 1.82) is 0 Å². The van der Waals surface area contributed by atoms with Gasteiger partial charge in [0.2, 0.25) is 0 Å². The fourth-order valence-electron chi connectivity index (χ4n) is 1.88. The van der Waals surface area contributed by atoms with Crippen LogP contribution in [0.2, 0.25) is 0 Å². The van der Waals surface area contributed by atoms with E-state index >= 15 is 0 Å². The molecule has 0 amide bonds. The van der Waals surface area contributed by atoms with Crippen molar-refractivity contribution in [1.82, 2.24) is 0 Å². The molecule has 1 aliphatic heterocycles. The molecule has 0 radical (unpaired) electrons. The van der Waals surface area contributed by atoms with Gasteiger partial charge in [-0.15, -0.1) is 0 Å². The minimum atomic E-state index is -0.433. The highest BCUT2D eigenvalue weighted by molar-refractivity contribution is 5.82. The molecular formula is C14H24O3. The smallest absolute Gasteiger partial charge is 0.330 e. The van der Waals surface area contributed by atoms with E-state index in [1.807, 2.05) is 26.8 Å². The molecule has 1 aliphatic rings. The molecule has 1 unspecified atom stereocenters. The Morgan fingerprint density at radius 1 is 1.35 bits per heavy atom. The maximum atomic E-state index is 11.5. The van der Waals surface area contributed by atoms with Crippen LogP contribution in [-0.2, 0) is 14.3 Å². The molecule has 1 rings (SSSR count). The number of rotatable bonds is 4. The maximum absolute atomic E-state index is 11.5. The van der Waals surface area contributed by atoms with Crippen LogP contribution in [0.1, 0.15) is 48.0 Å². The number of ether oxygens (including phenoxy) is 2. The molecule has 1 saturated heterocycles. The lowest BCUT2D eigenvalue weighted by atomic mass is 9.83. The second-order valence-corrected chi connectivity index (χ2v) is 6.77. The van der Waals surface area contributed by atoms with Gasteiger partial charge in [-0.2, -0.15) is 0 Å². The van der Waals surface area contributed by atoms with Crippen molar-refractivity contribution in [3.63, 3.8) is 0 Å². The van der Waals surface area contributed by atoms with E-state index in [0.717, 1.165) is 13.0 Å². The van der Waals surface area contributed by atoms with Gasteiger partial charge in [-0.1, -0.05) is 19.9 Å². The minimum Gasteiger partial charge on any atom is -0.457 e. The van der Waals surface area contributed by atoms with E-state index in [1.165, 1.54) is 6.08 Å². The number of hydrogen-bond donors (Lipinski definition) is 0. The maximum Gasteiger partial charge on any atom is 0.330 e. The molecule has 0 aromatic rings. The molecule has 1 atom stereocenters. The fraction of sp³-hybridized carbons (Fsp3) is 0.786. The van der Waals surface area contributed by atoms with Crippen LogP contribution in [0.15, 0.2) is 12.2 Å². The summed E-state index contributed by atoms with van der Waals surface area (Å²) in [5.74, 6) is -0.285. The minimum absolute atomic E-state index is 0.00176. The van der Waals surface area contributed by atoms with Gasteiger partial charge in [0, 0.05) is 6.08 Å². The Kier molecular flexibility index (Phi) is 3.72. The van der Waals surface area contributed by atoms with E-state index in [9.17, 15) is 4.79 Å². The first-order valence-electron chi connectivity index (χ1n) is 6.08. The standard InChI is InChI=1S/C14H24O3/c1-12(2,3)17-11(15)7-8-13(4,5)9-14(6)10-16-14/h7-8H,9-10H2,1-6H3/b8-7+. The van der Waals surface area contributed by atoms with Gasteiger partial charge >= 0.3 is 5.97 Å². The molecule has 0 N–H and O–H groups in total. The van der Waals surface area contributed by atoms with E-state index < -0.39 is 5.60 Å². The lowest BCUT2D eigenvalue weighted by Crippen LogP contribution is -2.23. The summed E-state index contributed by atoms with van der Waals surface area (Å²) in [6.07, 6.45) is 4.35. The molecule has 17 heavy (non-hydrogen) atoms. The molecule has 0 aliphatic carbocycles. The van der Waals surface area contributed by atoms with Crippen molar-refractivity contribution in [3.05, 3.63) is 12.2 Å². The van der Waals surface area contributed by atoms with Crippen molar-refractivity contribution in [2.75, 3.05) is 6.61 Å². The van der Waals surface area contributed by atoms with Crippen molar-refractivity contribution < 1.29 is 14.3 Å². The SMILES string of the molecule is CC(C)(/C=C/C(=O)OC(C)(C)C)CC1(C)CO1. The summed E-state index contributed by atoms with van der Waals surface area (Å²) in [6, 6.07) is 0. The second-order valence-electron chi connectivity index (χ2n) is 6.77. The molecule has 1 fully saturated rings. The molecule has 0 saturated carbocycles. The molecule has 1 heterocycles. The van der Waals surface area contributed by atoms with Gasteiger partial charge in [0.25, 0.3) is 0 Å². The van der Waals surface area contributed by atoms with Crippen LogP contribution < -0.4 is 0 Å². The molecule has 0 bridgehead atoms. The number of epoxide rings is 1. The van der Waals surface area contributed by atoms with Crippen LogP contribution in [0, 0.1) is 5.41 Å². The number of carbonyl (C=O) groups excluding carboxylic acids is 1. The van der Waals surface area contributed by atoms with Gasteiger partial charge in [-0.05, 0) is 39.5 Å². The van der Waals surface area contributed by atoms with E-state index in [-0.39, 0.29) is 17.0 Å². The van der Waals surface area contributed by atoms with Crippen molar-refractivity contribution >= 4 is 5.97 Å². The van der Waals surface area contributed by atoms with Gasteiger partial charge in [0.05, 0.1) is 12.2 Å². The Hall–Kier alpha value is -0.830. The Labute approximate surface area is 104 Å². The van der Waals surface area contributed by atoms with Gasteiger partial charge in [0.15, 0.2) is 0 Å². The Balaban J connectivity index is 2.48. The summed E-state index contributed by atoms with van der Waals surface area (Å²) in [6.45, 7) is 12.7. The highest BCUT2D eigenvalue weighted by atomic mass is 16.6. The summed E-state index contributed by atoms with van der Waals surface area (Å²) >= 11 is 0. The van der Waals surface area contributed by atoms with Gasteiger partial charge in [0.1, 0.15) is 5.60 Å². The first kappa shape index (κ1) is 14.2. The van der Waals surface area contributed by atoms with Crippen LogP contribution in [-0.4, -0.2) is 23.8 Å². The largest absolute Gasteiger partial charge is 0.457 e. The van der Waals surface area contributed by atoms with E-state index in [1.54, 1.807) is 0 Å². The Morgan fingerprint density at radius 2 is 1.88 bits per heavy atom.